The Hall–Kier alpha value is -0.650. The number of carbonyl (C=O) groups is 1. The van der Waals surface area contributed by atoms with Crippen molar-refractivity contribution in [2.45, 2.75) is 26.2 Å². The van der Waals surface area contributed by atoms with Gasteiger partial charge in [-0.3, -0.25) is 9.69 Å². The maximum absolute atomic E-state index is 11.8. The van der Waals surface area contributed by atoms with Gasteiger partial charge in [0.25, 0.3) is 0 Å². The van der Waals surface area contributed by atoms with Gasteiger partial charge in [-0.1, -0.05) is 6.92 Å². The standard InChI is InChI=1S/C15H29N3O2/c1-14-3-2-6-18(13-14)7-4-15(19)16-5-8-17-9-11-20-12-10-17/h14H,2-13H2,1H3,(H,16,19). The van der Waals surface area contributed by atoms with Crippen LogP contribution >= 0.6 is 0 Å². The van der Waals surface area contributed by atoms with E-state index in [-0.39, 0.29) is 5.91 Å². The van der Waals surface area contributed by atoms with Crippen LogP contribution in [0.4, 0.5) is 0 Å². The summed E-state index contributed by atoms with van der Waals surface area (Å²) in [4.78, 5) is 16.6. The van der Waals surface area contributed by atoms with E-state index in [2.05, 4.69) is 22.0 Å². The zero-order chi connectivity index (χ0) is 14.2. The lowest BCUT2D eigenvalue weighted by molar-refractivity contribution is -0.121. The highest BCUT2D eigenvalue weighted by atomic mass is 16.5. The summed E-state index contributed by atoms with van der Waals surface area (Å²) in [5.74, 6) is 0.976. The molecule has 1 N–H and O–H groups in total. The average molecular weight is 283 g/mol. The minimum absolute atomic E-state index is 0.191. The first-order valence-electron chi connectivity index (χ1n) is 8.03. The number of nitrogens with zero attached hydrogens (tertiary/aromatic N) is 2. The molecule has 20 heavy (non-hydrogen) atoms. The van der Waals surface area contributed by atoms with Crippen LogP contribution in [0.3, 0.4) is 0 Å². The Kier molecular flexibility index (Phi) is 6.76. The van der Waals surface area contributed by atoms with E-state index < -0.39 is 0 Å². The van der Waals surface area contributed by atoms with Gasteiger partial charge in [0, 0.05) is 45.7 Å². The lowest BCUT2D eigenvalue weighted by atomic mass is 10.0. The molecule has 0 aromatic rings. The number of ether oxygens (including phenoxy) is 1. The highest BCUT2D eigenvalue weighted by molar-refractivity contribution is 5.76. The van der Waals surface area contributed by atoms with Crippen LogP contribution in [0, 0.1) is 5.92 Å². The van der Waals surface area contributed by atoms with Gasteiger partial charge in [-0.15, -0.1) is 0 Å². The summed E-state index contributed by atoms with van der Waals surface area (Å²) < 4.78 is 5.31. The Labute approximate surface area is 122 Å². The fraction of sp³-hybridized carbons (Fsp3) is 0.933. The molecule has 0 saturated carbocycles. The maximum atomic E-state index is 11.8. The molecular weight excluding hydrogens is 254 g/mol. The molecule has 5 heteroatoms. The molecule has 0 radical (unpaired) electrons. The van der Waals surface area contributed by atoms with Crippen molar-refractivity contribution in [3.63, 3.8) is 0 Å². The van der Waals surface area contributed by atoms with Gasteiger partial charge in [0.05, 0.1) is 13.2 Å². The summed E-state index contributed by atoms with van der Waals surface area (Å²) in [5.41, 5.74) is 0. The number of hydrogen-bond acceptors (Lipinski definition) is 4. The normalized spacial score (nSPS) is 25.6. The van der Waals surface area contributed by atoms with Gasteiger partial charge < -0.3 is 15.0 Å². The fourth-order valence-corrected chi connectivity index (χ4v) is 3.02. The molecule has 2 saturated heterocycles. The van der Waals surface area contributed by atoms with Crippen molar-refractivity contribution in [2.75, 3.05) is 59.0 Å². The second kappa shape index (κ2) is 8.60. The predicted molar refractivity (Wildman–Crippen MR) is 79.7 cm³/mol. The molecule has 2 rings (SSSR count). The molecule has 2 aliphatic rings. The van der Waals surface area contributed by atoms with E-state index in [0.29, 0.717) is 6.42 Å². The molecular formula is C15H29N3O2. The van der Waals surface area contributed by atoms with Crippen molar-refractivity contribution in [1.82, 2.24) is 15.1 Å². The first-order valence-corrected chi connectivity index (χ1v) is 8.03. The van der Waals surface area contributed by atoms with E-state index in [1.54, 1.807) is 0 Å². The number of rotatable bonds is 6. The van der Waals surface area contributed by atoms with Crippen LogP contribution in [0.15, 0.2) is 0 Å². The molecule has 5 nitrogen and oxygen atoms in total. The van der Waals surface area contributed by atoms with Crippen LogP contribution in [0.2, 0.25) is 0 Å². The Morgan fingerprint density at radius 3 is 2.75 bits per heavy atom. The molecule has 1 amide bonds. The molecule has 0 spiro atoms. The van der Waals surface area contributed by atoms with Gasteiger partial charge in [0.15, 0.2) is 0 Å². The zero-order valence-electron chi connectivity index (χ0n) is 12.8. The van der Waals surface area contributed by atoms with E-state index in [1.165, 1.54) is 12.8 Å². The number of amides is 1. The van der Waals surface area contributed by atoms with E-state index in [0.717, 1.165) is 64.9 Å². The van der Waals surface area contributed by atoms with Crippen LogP contribution in [0.1, 0.15) is 26.2 Å². The SMILES string of the molecule is CC1CCCN(CCC(=O)NCCN2CCOCC2)C1. The highest BCUT2D eigenvalue weighted by Crippen LogP contribution is 2.15. The monoisotopic (exact) mass is 283 g/mol. The molecule has 2 aliphatic heterocycles. The van der Waals surface area contributed by atoms with Crippen molar-refractivity contribution in [1.29, 1.82) is 0 Å². The summed E-state index contributed by atoms with van der Waals surface area (Å²) >= 11 is 0. The third-order valence-corrected chi connectivity index (χ3v) is 4.25. The first-order chi connectivity index (χ1) is 9.74. The molecule has 0 aromatic heterocycles. The van der Waals surface area contributed by atoms with Crippen LogP contribution in [-0.2, 0) is 9.53 Å². The van der Waals surface area contributed by atoms with E-state index in [9.17, 15) is 4.79 Å². The second-order valence-corrected chi connectivity index (χ2v) is 6.10. The fourth-order valence-electron chi connectivity index (χ4n) is 3.02. The summed E-state index contributed by atoms with van der Waals surface area (Å²) in [7, 11) is 0. The number of likely N-dealkylation sites (tertiary alicyclic amines) is 1. The van der Waals surface area contributed by atoms with Gasteiger partial charge in [0.1, 0.15) is 0 Å². The van der Waals surface area contributed by atoms with E-state index >= 15 is 0 Å². The molecule has 1 unspecified atom stereocenters. The van der Waals surface area contributed by atoms with Crippen LogP contribution in [-0.4, -0.2) is 74.7 Å². The van der Waals surface area contributed by atoms with Gasteiger partial charge in [-0.25, -0.2) is 0 Å². The highest BCUT2D eigenvalue weighted by Gasteiger charge is 2.16. The number of carbonyl (C=O) groups excluding carboxylic acids is 1. The lowest BCUT2D eigenvalue weighted by Gasteiger charge is -2.30. The molecule has 0 aliphatic carbocycles. The topological polar surface area (TPSA) is 44.8 Å². The minimum atomic E-state index is 0.191. The van der Waals surface area contributed by atoms with E-state index in [1.807, 2.05) is 0 Å². The number of nitrogens with one attached hydrogen (secondary N) is 1. The van der Waals surface area contributed by atoms with Crippen molar-refractivity contribution in [3.05, 3.63) is 0 Å². The van der Waals surface area contributed by atoms with Gasteiger partial charge >= 0.3 is 0 Å². The maximum Gasteiger partial charge on any atom is 0.221 e. The van der Waals surface area contributed by atoms with E-state index in [4.69, 9.17) is 4.74 Å². The summed E-state index contributed by atoms with van der Waals surface area (Å²) in [6.45, 7) is 10.8. The number of hydrogen-bond donors (Lipinski definition) is 1. The largest absolute Gasteiger partial charge is 0.379 e. The van der Waals surface area contributed by atoms with Crippen LogP contribution in [0.5, 0.6) is 0 Å². The quantitative estimate of drug-likeness (QED) is 0.773. The van der Waals surface area contributed by atoms with Crippen LogP contribution < -0.4 is 5.32 Å². The molecule has 1 atom stereocenters. The summed E-state index contributed by atoms with van der Waals surface area (Å²) in [6.07, 6.45) is 3.25. The van der Waals surface area contributed by atoms with Gasteiger partial charge in [-0.05, 0) is 25.3 Å². The Bertz CT molecular complexity index is 293. The van der Waals surface area contributed by atoms with Crippen molar-refractivity contribution in [2.24, 2.45) is 5.92 Å². The molecule has 2 heterocycles. The Morgan fingerprint density at radius 2 is 2.00 bits per heavy atom. The first kappa shape index (κ1) is 15.7. The molecule has 0 aromatic carbocycles. The van der Waals surface area contributed by atoms with Gasteiger partial charge in [-0.2, -0.15) is 0 Å². The minimum Gasteiger partial charge on any atom is -0.379 e. The predicted octanol–water partition coefficient (Wildman–Crippen LogP) is 0.557. The molecule has 0 bridgehead atoms. The van der Waals surface area contributed by atoms with Crippen molar-refractivity contribution >= 4 is 5.91 Å². The zero-order valence-corrected chi connectivity index (χ0v) is 12.8. The van der Waals surface area contributed by atoms with Crippen molar-refractivity contribution < 1.29 is 9.53 Å². The number of morpholine rings is 1. The van der Waals surface area contributed by atoms with Gasteiger partial charge in [0.2, 0.25) is 5.91 Å². The third-order valence-electron chi connectivity index (χ3n) is 4.25. The lowest BCUT2D eigenvalue weighted by Crippen LogP contribution is -2.42. The molecule has 116 valence electrons. The Balaban J connectivity index is 1.51. The van der Waals surface area contributed by atoms with Crippen molar-refractivity contribution in [3.8, 4) is 0 Å². The Morgan fingerprint density at radius 1 is 1.20 bits per heavy atom. The second-order valence-electron chi connectivity index (χ2n) is 6.10. The summed E-state index contributed by atoms with van der Waals surface area (Å²) in [5, 5.41) is 3.03. The average Bonchev–Trinajstić information content (AvgIpc) is 2.46. The smallest absolute Gasteiger partial charge is 0.221 e. The summed E-state index contributed by atoms with van der Waals surface area (Å²) in [6, 6.07) is 0. The number of piperidine rings is 1. The molecule has 2 fully saturated rings. The van der Waals surface area contributed by atoms with Crippen LogP contribution in [0.25, 0.3) is 0 Å². The third kappa shape index (κ3) is 5.77.